The van der Waals surface area contributed by atoms with Crippen LogP contribution in [0.25, 0.3) is 0 Å². The smallest absolute Gasteiger partial charge is 0.346 e. The molecule has 0 bridgehead atoms. The minimum atomic E-state index is -1.00. The molecule has 0 aliphatic carbocycles. The Kier molecular flexibility index (Phi) is 4.88. The molecule has 2 aromatic rings. The maximum absolute atomic E-state index is 12.0. The fourth-order valence-corrected chi connectivity index (χ4v) is 3.18. The molecule has 2 N–H and O–H groups in total. The summed E-state index contributed by atoms with van der Waals surface area (Å²) < 4.78 is 0. The van der Waals surface area contributed by atoms with Gasteiger partial charge in [0, 0.05) is 10.0 Å². The van der Waals surface area contributed by atoms with Crippen LogP contribution >= 0.6 is 34.5 Å². The Morgan fingerprint density at radius 1 is 1.29 bits per heavy atom. The highest BCUT2D eigenvalue weighted by molar-refractivity contribution is 7.18. The lowest BCUT2D eigenvalue weighted by molar-refractivity contribution is -0.115. The van der Waals surface area contributed by atoms with Crippen molar-refractivity contribution in [3.8, 4) is 0 Å². The van der Waals surface area contributed by atoms with Crippen molar-refractivity contribution in [2.45, 2.75) is 13.3 Å². The van der Waals surface area contributed by atoms with Crippen LogP contribution in [-0.2, 0) is 11.2 Å². The molecule has 1 amide bonds. The van der Waals surface area contributed by atoms with E-state index >= 15 is 0 Å². The highest BCUT2D eigenvalue weighted by atomic mass is 35.5. The van der Waals surface area contributed by atoms with Crippen LogP contribution in [0.15, 0.2) is 24.3 Å². The Morgan fingerprint density at radius 2 is 2.00 bits per heavy atom. The molecule has 1 aromatic carbocycles. The molecule has 0 radical (unpaired) electrons. The van der Waals surface area contributed by atoms with Gasteiger partial charge in [-0.3, -0.25) is 4.79 Å². The number of hydrogen-bond donors (Lipinski definition) is 2. The number of anilines is 1. The monoisotopic (exact) mass is 343 g/mol. The van der Waals surface area contributed by atoms with Gasteiger partial charge >= 0.3 is 5.97 Å². The zero-order chi connectivity index (χ0) is 15.6. The van der Waals surface area contributed by atoms with E-state index in [0.29, 0.717) is 26.2 Å². The fraction of sp³-hybridized carbons (Fsp3) is 0.143. The molecule has 110 valence electrons. The predicted molar refractivity (Wildman–Crippen MR) is 84.8 cm³/mol. The van der Waals surface area contributed by atoms with Crippen molar-refractivity contribution in [1.82, 2.24) is 0 Å². The molecule has 0 aliphatic rings. The summed E-state index contributed by atoms with van der Waals surface area (Å²) in [6.07, 6.45) is 0.0926. The third-order valence-electron chi connectivity index (χ3n) is 2.74. The lowest BCUT2D eigenvalue weighted by atomic mass is 10.1. The van der Waals surface area contributed by atoms with Gasteiger partial charge in [-0.05, 0) is 36.2 Å². The zero-order valence-electron chi connectivity index (χ0n) is 10.9. The minimum absolute atomic E-state index is 0.0926. The van der Waals surface area contributed by atoms with Crippen molar-refractivity contribution in [3.05, 3.63) is 50.3 Å². The van der Waals surface area contributed by atoms with E-state index < -0.39 is 5.97 Å². The van der Waals surface area contributed by atoms with E-state index in [1.54, 1.807) is 31.2 Å². The van der Waals surface area contributed by atoms with Gasteiger partial charge in [0.2, 0.25) is 5.91 Å². The first kappa shape index (κ1) is 15.8. The predicted octanol–water partition coefficient (Wildman–Crippen LogP) is 4.24. The molecular formula is C14H11Cl2NO3S. The molecule has 21 heavy (non-hydrogen) atoms. The number of carbonyl (C=O) groups is 2. The Balaban J connectivity index is 2.08. The molecule has 0 saturated heterocycles. The molecule has 0 spiro atoms. The normalized spacial score (nSPS) is 10.4. The summed E-state index contributed by atoms with van der Waals surface area (Å²) in [5.74, 6) is -1.27. The van der Waals surface area contributed by atoms with Crippen LogP contribution in [0.3, 0.4) is 0 Å². The zero-order valence-corrected chi connectivity index (χ0v) is 13.3. The molecule has 7 heteroatoms. The van der Waals surface area contributed by atoms with Gasteiger partial charge in [0.25, 0.3) is 0 Å². The first-order valence-electron chi connectivity index (χ1n) is 5.94. The summed E-state index contributed by atoms with van der Waals surface area (Å²) >= 11 is 12.8. The first-order chi connectivity index (χ1) is 9.86. The van der Waals surface area contributed by atoms with Gasteiger partial charge < -0.3 is 10.4 Å². The number of aryl methyl sites for hydroxylation is 1. The molecule has 0 saturated carbocycles. The first-order valence-corrected chi connectivity index (χ1v) is 7.51. The van der Waals surface area contributed by atoms with Crippen molar-refractivity contribution in [1.29, 1.82) is 0 Å². The summed E-state index contributed by atoms with van der Waals surface area (Å²) in [5.41, 5.74) is 1.28. The van der Waals surface area contributed by atoms with Crippen molar-refractivity contribution < 1.29 is 14.7 Å². The molecular weight excluding hydrogens is 333 g/mol. The molecule has 4 nitrogen and oxygen atoms in total. The van der Waals surface area contributed by atoms with Crippen LogP contribution in [0.1, 0.15) is 20.8 Å². The lowest BCUT2D eigenvalue weighted by Crippen LogP contribution is -2.13. The summed E-state index contributed by atoms with van der Waals surface area (Å²) in [6.45, 7) is 1.69. The Hall–Kier alpha value is -1.56. The highest BCUT2D eigenvalue weighted by Gasteiger charge is 2.14. The SMILES string of the molecule is Cc1cc(NC(=O)Cc2ccc(Cl)cc2Cl)sc1C(=O)O. The number of benzene rings is 1. The van der Waals surface area contributed by atoms with Crippen LogP contribution in [0.5, 0.6) is 0 Å². The average molecular weight is 344 g/mol. The Labute approximate surface area is 135 Å². The van der Waals surface area contributed by atoms with E-state index in [1.165, 1.54) is 0 Å². The summed E-state index contributed by atoms with van der Waals surface area (Å²) in [7, 11) is 0. The van der Waals surface area contributed by atoms with Crippen molar-refractivity contribution in [2.24, 2.45) is 0 Å². The van der Waals surface area contributed by atoms with E-state index in [1.807, 2.05) is 0 Å². The molecule has 2 rings (SSSR count). The highest BCUT2D eigenvalue weighted by Crippen LogP contribution is 2.27. The van der Waals surface area contributed by atoms with Gasteiger partial charge in [0.15, 0.2) is 0 Å². The second-order valence-electron chi connectivity index (χ2n) is 4.39. The standard InChI is InChI=1S/C14H11Cl2NO3S/c1-7-4-12(21-13(7)14(19)20)17-11(18)5-8-2-3-9(15)6-10(8)16/h2-4,6H,5H2,1H3,(H,17,18)(H,19,20). The minimum Gasteiger partial charge on any atom is -0.477 e. The Bertz CT molecular complexity index is 712. The number of rotatable bonds is 4. The number of carboxylic acids is 1. The van der Waals surface area contributed by atoms with E-state index in [9.17, 15) is 9.59 Å². The summed E-state index contributed by atoms with van der Waals surface area (Å²) in [5, 5.41) is 13.1. The molecule has 0 unspecified atom stereocenters. The van der Waals surface area contributed by atoms with Gasteiger partial charge in [-0.1, -0.05) is 29.3 Å². The number of aromatic carboxylic acids is 1. The number of amides is 1. The number of carboxylic acid groups (broad SMARTS) is 1. The number of hydrogen-bond acceptors (Lipinski definition) is 3. The Morgan fingerprint density at radius 3 is 2.57 bits per heavy atom. The lowest BCUT2D eigenvalue weighted by Gasteiger charge is -2.05. The molecule has 0 atom stereocenters. The third-order valence-corrected chi connectivity index (χ3v) is 4.47. The van der Waals surface area contributed by atoms with Crippen LogP contribution < -0.4 is 5.32 Å². The molecule has 0 aliphatic heterocycles. The van der Waals surface area contributed by atoms with E-state index in [-0.39, 0.29) is 17.2 Å². The molecule has 1 heterocycles. The van der Waals surface area contributed by atoms with Crippen molar-refractivity contribution >= 4 is 51.4 Å². The molecule has 0 fully saturated rings. The van der Waals surface area contributed by atoms with Gasteiger partial charge in [0.1, 0.15) is 4.88 Å². The summed E-state index contributed by atoms with van der Waals surface area (Å²) in [4.78, 5) is 23.1. The fourth-order valence-electron chi connectivity index (χ4n) is 1.78. The van der Waals surface area contributed by atoms with Crippen molar-refractivity contribution in [3.63, 3.8) is 0 Å². The van der Waals surface area contributed by atoms with Crippen LogP contribution in [0.2, 0.25) is 10.0 Å². The van der Waals surface area contributed by atoms with Crippen LogP contribution in [-0.4, -0.2) is 17.0 Å². The van der Waals surface area contributed by atoms with Gasteiger partial charge in [-0.25, -0.2) is 4.79 Å². The maximum Gasteiger partial charge on any atom is 0.346 e. The topological polar surface area (TPSA) is 66.4 Å². The largest absolute Gasteiger partial charge is 0.477 e. The van der Waals surface area contributed by atoms with E-state index in [2.05, 4.69) is 5.32 Å². The number of nitrogens with one attached hydrogen (secondary N) is 1. The van der Waals surface area contributed by atoms with Gasteiger partial charge in [-0.2, -0.15) is 0 Å². The van der Waals surface area contributed by atoms with Crippen LogP contribution in [0, 0.1) is 6.92 Å². The van der Waals surface area contributed by atoms with Gasteiger partial charge in [-0.15, -0.1) is 11.3 Å². The third kappa shape index (κ3) is 3.97. The van der Waals surface area contributed by atoms with E-state index in [0.717, 1.165) is 11.3 Å². The van der Waals surface area contributed by atoms with E-state index in [4.69, 9.17) is 28.3 Å². The maximum atomic E-state index is 12.0. The van der Waals surface area contributed by atoms with Crippen molar-refractivity contribution in [2.75, 3.05) is 5.32 Å². The molecule has 1 aromatic heterocycles. The number of thiophene rings is 1. The summed E-state index contributed by atoms with van der Waals surface area (Å²) in [6, 6.07) is 6.56. The number of carbonyl (C=O) groups excluding carboxylic acids is 1. The number of halogens is 2. The average Bonchev–Trinajstić information content (AvgIpc) is 2.74. The van der Waals surface area contributed by atoms with Gasteiger partial charge in [0.05, 0.1) is 11.4 Å². The quantitative estimate of drug-likeness (QED) is 0.872. The second kappa shape index (κ2) is 6.47. The second-order valence-corrected chi connectivity index (χ2v) is 6.28. The van der Waals surface area contributed by atoms with Crippen LogP contribution in [0.4, 0.5) is 5.00 Å².